The number of rotatable bonds is 5. The van der Waals surface area contributed by atoms with Crippen molar-refractivity contribution in [2.75, 3.05) is 6.54 Å². The monoisotopic (exact) mass is 307 g/mol. The van der Waals surface area contributed by atoms with E-state index in [4.69, 9.17) is 0 Å². The van der Waals surface area contributed by atoms with Crippen molar-refractivity contribution in [3.63, 3.8) is 0 Å². The number of carbonyl (C=O) groups is 1. The van der Waals surface area contributed by atoms with Crippen LogP contribution in [0.25, 0.3) is 11.0 Å². The van der Waals surface area contributed by atoms with Crippen molar-refractivity contribution < 1.29 is 4.79 Å². The van der Waals surface area contributed by atoms with E-state index in [1.807, 2.05) is 24.3 Å². The molecule has 0 fully saturated rings. The van der Waals surface area contributed by atoms with Gasteiger partial charge in [-0.3, -0.25) is 4.79 Å². The zero-order valence-electron chi connectivity index (χ0n) is 9.87. The van der Waals surface area contributed by atoms with Gasteiger partial charge in [0.05, 0.1) is 11.0 Å². The molecule has 0 atom stereocenters. The maximum Gasteiger partial charge on any atom is 0.220 e. The average molecular weight is 308 g/mol. The SMILES string of the molecule is C=C(Br)CNC(=O)CCc1nc2ccccc2[nH]1. The van der Waals surface area contributed by atoms with E-state index < -0.39 is 0 Å². The molecule has 94 valence electrons. The molecule has 5 heteroatoms. The third-order valence-corrected chi connectivity index (χ3v) is 2.79. The summed E-state index contributed by atoms with van der Waals surface area (Å²) in [6, 6.07) is 7.82. The van der Waals surface area contributed by atoms with E-state index in [2.05, 4.69) is 37.8 Å². The van der Waals surface area contributed by atoms with Crippen molar-refractivity contribution in [1.82, 2.24) is 15.3 Å². The van der Waals surface area contributed by atoms with E-state index in [0.717, 1.165) is 21.3 Å². The summed E-state index contributed by atoms with van der Waals surface area (Å²) >= 11 is 3.19. The number of benzene rings is 1. The number of para-hydroxylation sites is 2. The summed E-state index contributed by atoms with van der Waals surface area (Å²) in [5.41, 5.74) is 1.93. The van der Waals surface area contributed by atoms with Gasteiger partial charge in [0.1, 0.15) is 5.82 Å². The van der Waals surface area contributed by atoms with Crippen LogP contribution in [0.4, 0.5) is 0 Å². The summed E-state index contributed by atoms with van der Waals surface area (Å²) in [5.74, 6) is 0.833. The lowest BCUT2D eigenvalue weighted by molar-refractivity contribution is -0.120. The Morgan fingerprint density at radius 3 is 2.94 bits per heavy atom. The normalized spacial score (nSPS) is 10.5. The number of halogens is 1. The van der Waals surface area contributed by atoms with Crippen molar-refractivity contribution >= 4 is 32.9 Å². The molecule has 0 aliphatic carbocycles. The van der Waals surface area contributed by atoms with Crippen LogP contribution in [-0.4, -0.2) is 22.4 Å². The fraction of sp³-hybridized carbons (Fsp3) is 0.231. The predicted octanol–water partition coefficient (Wildman–Crippen LogP) is 2.52. The van der Waals surface area contributed by atoms with E-state index in [9.17, 15) is 4.79 Å². The molecule has 0 unspecified atom stereocenters. The van der Waals surface area contributed by atoms with Gasteiger partial charge in [-0.15, -0.1) is 0 Å². The van der Waals surface area contributed by atoms with Crippen LogP contribution in [0, 0.1) is 0 Å². The van der Waals surface area contributed by atoms with Gasteiger partial charge in [0.25, 0.3) is 0 Å². The van der Waals surface area contributed by atoms with Crippen LogP contribution in [0.5, 0.6) is 0 Å². The van der Waals surface area contributed by atoms with Crippen LogP contribution in [0.2, 0.25) is 0 Å². The van der Waals surface area contributed by atoms with Crippen LogP contribution >= 0.6 is 15.9 Å². The molecular weight excluding hydrogens is 294 g/mol. The van der Waals surface area contributed by atoms with Gasteiger partial charge in [-0.25, -0.2) is 4.98 Å². The van der Waals surface area contributed by atoms with Gasteiger partial charge >= 0.3 is 0 Å². The van der Waals surface area contributed by atoms with Gasteiger partial charge in [0.15, 0.2) is 0 Å². The number of aromatic nitrogens is 2. The first kappa shape index (κ1) is 12.8. The second kappa shape index (κ2) is 5.82. The Hall–Kier alpha value is -1.62. The van der Waals surface area contributed by atoms with Crippen molar-refractivity contribution in [2.24, 2.45) is 0 Å². The number of nitrogens with one attached hydrogen (secondary N) is 2. The molecule has 2 aromatic rings. The molecule has 2 rings (SSSR count). The summed E-state index contributed by atoms with van der Waals surface area (Å²) < 4.78 is 0.764. The van der Waals surface area contributed by atoms with E-state index in [1.165, 1.54) is 0 Å². The number of carbonyl (C=O) groups excluding carboxylic acids is 1. The minimum atomic E-state index is -0.00365. The molecule has 0 spiro atoms. The van der Waals surface area contributed by atoms with Crippen LogP contribution in [-0.2, 0) is 11.2 Å². The van der Waals surface area contributed by atoms with E-state index in [1.54, 1.807) is 0 Å². The minimum Gasteiger partial charge on any atom is -0.352 e. The Labute approximate surface area is 114 Å². The highest BCUT2D eigenvalue weighted by Crippen LogP contribution is 2.11. The van der Waals surface area contributed by atoms with Crippen LogP contribution in [0.15, 0.2) is 35.3 Å². The molecule has 0 aliphatic heterocycles. The molecule has 0 bridgehead atoms. The predicted molar refractivity (Wildman–Crippen MR) is 75.5 cm³/mol. The average Bonchev–Trinajstić information content (AvgIpc) is 2.76. The van der Waals surface area contributed by atoms with E-state index in [0.29, 0.717) is 19.4 Å². The smallest absolute Gasteiger partial charge is 0.220 e. The third-order valence-electron chi connectivity index (χ3n) is 2.50. The van der Waals surface area contributed by atoms with Gasteiger partial charge in [0.2, 0.25) is 5.91 Å². The van der Waals surface area contributed by atoms with Crippen molar-refractivity contribution in [3.8, 4) is 0 Å². The number of amides is 1. The van der Waals surface area contributed by atoms with Gasteiger partial charge < -0.3 is 10.3 Å². The molecule has 18 heavy (non-hydrogen) atoms. The molecule has 0 saturated heterocycles. The standard InChI is InChI=1S/C13H14BrN3O/c1-9(14)8-15-13(18)7-6-12-16-10-4-2-3-5-11(10)17-12/h2-5H,1,6-8H2,(H,15,18)(H,16,17). The van der Waals surface area contributed by atoms with Crippen LogP contribution in [0.1, 0.15) is 12.2 Å². The van der Waals surface area contributed by atoms with Crippen LogP contribution in [0.3, 0.4) is 0 Å². The third kappa shape index (κ3) is 3.43. The first-order valence-electron chi connectivity index (χ1n) is 5.69. The number of aromatic amines is 1. The Morgan fingerprint density at radius 1 is 1.44 bits per heavy atom. The largest absolute Gasteiger partial charge is 0.352 e. The summed E-state index contributed by atoms with van der Waals surface area (Å²) in [7, 11) is 0. The number of hydrogen-bond acceptors (Lipinski definition) is 2. The second-order valence-corrected chi connectivity index (χ2v) is 5.12. The second-order valence-electron chi connectivity index (χ2n) is 3.99. The molecule has 0 saturated carbocycles. The molecule has 2 N–H and O–H groups in total. The Bertz CT molecular complexity index is 543. The molecule has 0 aliphatic rings. The highest BCUT2D eigenvalue weighted by molar-refractivity contribution is 9.11. The maximum absolute atomic E-state index is 11.5. The zero-order valence-corrected chi connectivity index (χ0v) is 11.5. The number of nitrogens with zero attached hydrogens (tertiary/aromatic N) is 1. The number of hydrogen-bond donors (Lipinski definition) is 2. The summed E-state index contributed by atoms with van der Waals surface area (Å²) in [6.45, 7) is 4.11. The Kier molecular flexibility index (Phi) is 4.15. The molecule has 1 heterocycles. The Balaban J connectivity index is 1.90. The number of imidazole rings is 1. The number of H-pyrrole nitrogens is 1. The quantitative estimate of drug-likeness (QED) is 0.892. The molecule has 4 nitrogen and oxygen atoms in total. The number of aryl methyl sites for hydroxylation is 1. The van der Waals surface area contributed by atoms with E-state index >= 15 is 0 Å². The minimum absolute atomic E-state index is 0.00365. The van der Waals surface area contributed by atoms with Gasteiger partial charge in [0, 0.05) is 23.9 Å². The fourth-order valence-electron chi connectivity index (χ4n) is 1.64. The molecule has 0 radical (unpaired) electrons. The lowest BCUT2D eigenvalue weighted by atomic mass is 10.3. The highest BCUT2D eigenvalue weighted by Gasteiger charge is 2.05. The van der Waals surface area contributed by atoms with Crippen LogP contribution < -0.4 is 5.32 Å². The summed E-state index contributed by atoms with van der Waals surface area (Å²) in [5, 5.41) is 2.76. The van der Waals surface area contributed by atoms with Gasteiger partial charge in [-0.2, -0.15) is 0 Å². The summed E-state index contributed by atoms with van der Waals surface area (Å²) in [4.78, 5) is 19.1. The molecular formula is C13H14BrN3O. The van der Waals surface area contributed by atoms with Crippen molar-refractivity contribution in [1.29, 1.82) is 0 Å². The molecule has 1 amide bonds. The topological polar surface area (TPSA) is 57.8 Å². The van der Waals surface area contributed by atoms with Gasteiger partial charge in [-0.05, 0) is 12.1 Å². The lowest BCUT2D eigenvalue weighted by Gasteiger charge is -2.02. The highest BCUT2D eigenvalue weighted by atomic mass is 79.9. The first-order chi connectivity index (χ1) is 8.65. The molecule has 1 aromatic carbocycles. The zero-order chi connectivity index (χ0) is 13.0. The Morgan fingerprint density at radius 2 is 2.22 bits per heavy atom. The number of fused-ring (bicyclic) bond motifs is 1. The lowest BCUT2D eigenvalue weighted by Crippen LogP contribution is -2.24. The maximum atomic E-state index is 11.5. The van der Waals surface area contributed by atoms with Gasteiger partial charge in [-0.1, -0.05) is 34.6 Å². The van der Waals surface area contributed by atoms with E-state index in [-0.39, 0.29) is 5.91 Å². The van der Waals surface area contributed by atoms with Crippen molar-refractivity contribution in [3.05, 3.63) is 41.2 Å². The summed E-state index contributed by atoms with van der Waals surface area (Å²) in [6.07, 6.45) is 1.02. The fourth-order valence-corrected chi connectivity index (χ4v) is 1.78. The molecule has 1 aromatic heterocycles. The van der Waals surface area contributed by atoms with Crippen molar-refractivity contribution in [2.45, 2.75) is 12.8 Å². The first-order valence-corrected chi connectivity index (χ1v) is 6.48.